The number of anilines is 2. The van der Waals surface area contributed by atoms with Gasteiger partial charge in [0.1, 0.15) is 12.3 Å². The fourth-order valence-corrected chi connectivity index (χ4v) is 5.87. The molecule has 1 aliphatic rings. The van der Waals surface area contributed by atoms with Crippen molar-refractivity contribution in [2.75, 3.05) is 49.0 Å². The highest BCUT2D eigenvalue weighted by atomic mass is 35.5. The number of nitrogens with zero attached hydrogens (tertiary/aromatic N) is 4. The number of hydrogen-bond acceptors (Lipinski definition) is 7. The molecule has 4 rings (SSSR count). The molecule has 0 radical (unpaired) electrons. The maximum Gasteiger partial charge on any atom is 0.273 e. The minimum absolute atomic E-state index is 0.236. The topological polar surface area (TPSA) is 113 Å². The summed E-state index contributed by atoms with van der Waals surface area (Å²) in [6.45, 7) is 2.99. The zero-order chi connectivity index (χ0) is 27.4. The van der Waals surface area contributed by atoms with Crippen molar-refractivity contribution in [2.45, 2.75) is 11.8 Å². The summed E-state index contributed by atoms with van der Waals surface area (Å²) >= 11 is 6.11. The highest BCUT2D eigenvalue weighted by Crippen LogP contribution is 2.29. The van der Waals surface area contributed by atoms with Crippen LogP contribution in [-0.2, 0) is 14.8 Å². The number of sulfonamides is 1. The second kappa shape index (κ2) is 11.3. The van der Waals surface area contributed by atoms with Gasteiger partial charge in [-0.05, 0) is 55.5 Å². The van der Waals surface area contributed by atoms with Crippen LogP contribution in [0.25, 0.3) is 0 Å². The molecule has 1 fully saturated rings. The van der Waals surface area contributed by atoms with Crippen LogP contribution in [-0.4, -0.2) is 64.0 Å². The number of piperazine rings is 1. The lowest BCUT2D eigenvalue weighted by atomic mass is 10.2. The Balaban J connectivity index is 1.59. The van der Waals surface area contributed by atoms with Gasteiger partial charge in [0.25, 0.3) is 15.7 Å². The molecule has 10 nitrogen and oxygen atoms in total. The quantitative estimate of drug-likeness (QED) is 0.302. The molecule has 1 aliphatic heterocycles. The van der Waals surface area contributed by atoms with Crippen LogP contribution in [0.4, 0.5) is 17.1 Å². The standard InChI is InChI=1S/C26H27ClN4O6S/c1-19-6-11-24(17-25(19)31(33)34)38(35,36)30(21-7-9-23(37-2)10-8-21)18-26(32)29-14-12-28(13-15-29)22-5-3-4-20(27)16-22/h3-11,16-17H,12-15,18H2,1-2H3. The molecule has 0 atom stereocenters. The summed E-state index contributed by atoms with van der Waals surface area (Å²) in [5.74, 6) is 0.136. The monoisotopic (exact) mass is 558 g/mol. The van der Waals surface area contributed by atoms with E-state index < -0.39 is 21.5 Å². The minimum Gasteiger partial charge on any atom is -0.497 e. The van der Waals surface area contributed by atoms with Crippen LogP contribution < -0.4 is 13.9 Å². The third kappa shape index (κ3) is 5.84. The van der Waals surface area contributed by atoms with Gasteiger partial charge in [0.05, 0.1) is 22.6 Å². The van der Waals surface area contributed by atoms with Crippen LogP contribution in [0.3, 0.4) is 0 Å². The van der Waals surface area contributed by atoms with Crippen molar-refractivity contribution in [1.82, 2.24) is 4.90 Å². The summed E-state index contributed by atoms with van der Waals surface area (Å²) in [6.07, 6.45) is 0. The first-order chi connectivity index (χ1) is 18.1. The molecule has 1 saturated heterocycles. The van der Waals surface area contributed by atoms with Gasteiger partial charge >= 0.3 is 0 Å². The number of aryl methyl sites for hydroxylation is 1. The lowest BCUT2D eigenvalue weighted by Crippen LogP contribution is -2.52. The number of nitro benzene ring substituents is 1. The van der Waals surface area contributed by atoms with Gasteiger partial charge in [-0.1, -0.05) is 23.7 Å². The Labute approximate surface area is 226 Å². The predicted octanol–water partition coefficient (Wildman–Crippen LogP) is 4.11. The van der Waals surface area contributed by atoms with E-state index in [1.165, 1.54) is 38.3 Å². The summed E-state index contributed by atoms with van der Waals surface area (Å²) in [7, 11) is -2.84. The van der Waals surface area contributed by atoms with Crippen LogP contribution in [0.1, 0.15) is 5.56 Å². The van der Waals surface area contributed by atoms with E-state index in [1.807, 2.05) is 18.2 Å². The van der Waals surface area contributed by atoms with Gasteiger partial charge in [-0.25, -0.2) is 8.42 Å². The SMILES string of the molecule is COc1ccc(N(CC(=O)N2CCN(c3cccc(Cl)c3)CC2)S(=O)(=O)c2ccc(C)c([N+](=O)[O-])c2)cc1. The molecular weight excluding hydrogens is 532 g/mol. The molecule has 1 heterocycles. The van der Waals surface area contributed by atoms with Gasteiger partial charge in [0.15, 0.2) is 0 Å². The molecule has 0 unspecified atom stereocenters. The van der Waals surface area contributed by atoms with E-state index in [0.717, 1.165) is 16.1 Å². The molecule has 12 heteroatoms. The molecule has 0 saturated carbocycles. The van der Waals surface area contributed by atoms with Crippen LogP contribution in [0.5, 0.6) is 5.75 Å². The molecule has 200 valence electrons. The maximum atomic E-state index is 13.7. The molecule has 0 aromatic heterocycles. The number of benzene rings is 3. The Morgan fingerprint density at radius 1 is 1.05 bits per heavy atom. The summed E-state index contributed by atoms with van der Waals surface area (Å²) in [5.41, 5.74) is 1.20. The van der Waals surface area contributed by atoms with Gasteiger partial charge < -0.3 is 14.5 Å². The van der Waals surface area contributed by atoms with E-state index in [4.69, 9.17) is 16.3 Å². The molecule has 0 aliphatic carbocycles. The number of halogens is 1. The third-order valence-corrected chi connectivity index (χ3v) is 8.42. The molecule has 38 heavy (non-hydrogen) atoms. The van der Waals surface area contributed by atoms with Crippen molar-refractivity contribution in [1.29, 1.82) is 0 Å². The van der Waals surface area contributed by atoms with Crippen molar-refractivity contribution < 1.29 is 22.9 Å². The Bertz CT molecular complexity index is 1440. The lowest BCUT2D eigenvalue weighted by molar-refractivity contribution is -0.385. The summed E-state index contributed by atoms with van der Waals surface area (Å²) < 4.78 is 33.6. The number of amides is 1. The average molecular weight is 559 g/mol. The van der Waals surface area contributed by atoms with Crippen molar-refractivity contribution in [2.24, 2.45) is 0 Å². The van der Waals surface area contributed by atoms with E-state index in [9.17, 15) is 23.3 Å². The van der Waals surface area contributed by atoms with Crippen molar-refractivity contribution in [3.63, 3.8) is 0 Å². The maximum absolute atomic E-state index is 13.7. The van der Waals surface area contributed by atoms with Crippen LogP contribution >= 0.6 is 11.6 Å². The molecule has 0 N–H and O–H groups in total. The minimum atomic E-state index is -4.32. The highest BCUT2D eigenvalue weighted by Gasteiger charge is 2.31. The molecule has 3 aromatic carbocycles. The summed E-state index contributed by atoms with van der Waals surface area (Å²) in [4.78, 5) is 27.6. The fourth-order valence-electron chi connectivity index (χ4n) is 4.25. The number of nitro groups is 1. The molecule has 0 bridgehead atoms. The predicted molar refractivity (Wildman–Crippen MR) is 146 cm³/mol. The van der Waals surface area contributed by atoms with E-state index in [2.05, 4.69) is 4.90 Å². The van der Waals surface area contributed by atoms with Gasteiger partial charge in [0.2, 0.25) is 5.91 Å². The molecular formula is C26H27ClN4O6S. The summed E-state index contributed by atoms with van der Waals surface area (Å²) in [5, 5.41) is 12.1. The molecule has 3 aromatic rings. The van der Waals surface area contributed by atoms with E-state index in [0.29, 0.717) is 42.5 Å². The van der Waals surface area contributed by atoms with Gasteiger partial charge in [0, 0.05) is 48.5 Å². The Kier molecular flexibility index (Phi) is 8.08. The Morgan fingerprint density at radius 3 is 2.34 bits per heavy atom. The normalized spacial score (nSPS) is 13.8. The lowest BCUT2D eigenvalue weighted by Gasteiger charge is -2.37. The zero-order valence-corrected chi connectivity index (χ0v) is 22.5. The van der Waals surface area contributed by atoms with Gasteiger partial charge in [-0.15, -0.1) is 0 Å². The van der Waals surface area contributed by atoms with E-state index in [-0.39, 0.29) is 22.2 Å². The number of ether oxygens (including phenoxy) is 1. The van der Waals surface area contributed by atoms with E-state index >= 15 is 0 Å². The number of carbonyl (C=O) groups is 1. The Hall–Kier alpha value is -3.83. The molecule has 0 spiro atoms. The van der Waals surface area contributed by atoms with Crippen molar-refractivity contribution in [3.05, 3.63) is 87.4 Å². The highest BCUT2D eigenvalue weighted by molar-refractivity contribution is 7.92. The number of hydrogen-bond donors (Lipinski definition) is 0. The zero-order valence-electron chi connectivity index (χ0n) is 20.9. The smallest absolute Gasteiger partial charge is 0.273 e. The average Bonchev–Trinajstić information content (AvgIpc) is 2.91. The summed E-state index contributed by atoms with van der Waals surface area (Å²) in [6, 6.07) is 17.4. The van der Waals surface area contributed by atoms with Crippen LogP contribution in [0, 0.1) is 17.0 Å². The number of rotatable bonds is 8. The fraction of sp³-hybridized carbons (Fsp3) is 0.269. The second-order valence-corrected chi connectivity index (χ2v) is 11.1. The number of methoxy groups -OCH3 is 1. The van der Waals surface area contributed by atoms with Gasteiger partial charge in [-0.3, -0.25) is 19.2 Å². The third-order valence-electron chi connectivity index (χ3n) is 6.41. The van der Waals surface area contributed by atoms with E-state index in [1.54, 1.807) is 23.1 Å². The van der Waals surface area contributed by atoms with Gasteiger partial charge in [-0.2, -0.15) is 0 Å². The first kappa shape index (κ1) is 27.2. The molecule has 1 amide bonds. The van der Waals surface area contributed by atoms with Crippen LogP contribution in [0.2, 0.25) is 5.02 Å². The largest absolute Gasteiger partial charge is 0.497 e. The van der Waals surface area contributed by atoms with Crippen molar-refractivity contribution in [3.8, 4) is 5.75 Å². The van der Waals surface area contributed by atoms with Crippen molar-refractivity contribution >= 4 is 44.6 Å². The number of carbonyl (C=O) groups excluding carboxylic acids is 1. The van der Waals surface area contributed by atoms with Crippen LogP contribution in [0.15, 0.2) is 71.6 Å². The first-order valence-electron chi connectivity index (χ1n) is 11.8. The second-order valence-electron chi connectivity index (χ2n) is 8.76. The first-order valence-corrected chi connectivity index (χ1v) is 13.6. The Morgan fingerprint density at radius 2 is 1.74 bits per heavy atom.